The van der Waals surface area contributed by atoms with Crippen LogP contribution in [0.4, 0.5) is 17.2 Å². The van der Waals surface area contributed by atoms with E-state index in [0.717, 1.165) is 65.5 Å². The van der Waals surface area contributed by atoms with Gasteiger partial charge in [-0.1, -0.05) is 57.2 Å². The van der Waals surface area contributed by atoms with E-state index in [0.29, 0.717) is 49.9 Å². The predicted octanol–water partition coefficient (Wildman–Crippen LogP) is 5.76. The number of aromatic nitrogens is 3. The lowest BCUT2D eigenvalue weighted by Crippen LogP contribution is -2.58. The second kappa shape index (κ2) is 27.3. The molecule has 0 saturated carbocycles. The van der Waals surface area contributed by atoms with Crippen LogP contribution in [0.15, 0.2) is 84.4 Å². The molecule has 20 nitrogen and oxygen atoms in total. The molecule has 79 heavy (non-hydrogen) atoms. The van der Waals surface area contributed by atoms with E-state index in [-0.39, 0.29) is 93.7 Å². The van der Waals surface area contributed by atoms with Gasteiger partial charge in [-0.05, 0) is 79.6 Å². The zero-order chi connectivity index (χ0) is 56.1. The maximum absolute atomic E-state index is 14.1. The van der Waals surface area contributed by atoms with Crippen LogP contribution in [0.1, 0.15) is 77.1 Å². The number of ether oxygens (including phenoxy) is 4. The molecule has 5 heterocycles. The molecule has 8 rings (SSSR count). The number of phenolic OH excluding ortho intramolecular Hbond substituents is 1. The van der Waals surface area contributed by atoms with Gasteiger partial charge in [-0.3, -0.25) is 19.2 Å². The number of thiazole rings is 1. The number of nitrogens with one attached hydrogen (secondary N) is 2. The summed E-state index contributed by atoms with van der Waals surface area (Å²) >= 11 is 1.57. The van der Waals surface area contributed by atoms with Crippen molar-refractivity contribution in [3.05, 3.63) is 95.6 Å². The Kier molecular flexibility index (Phi) is 20.1. The minimum atomic E-state index is -0.947. The number of aliphatic hydroxyl groups excluding tert-OH is 1. The molecule has 3 aliphatic heterocycles. The Hall–Kier alpha value is -6.91. The first-order chi connectivity index (χ1) is 38.0. The number of nitrogens with zero attached hydrogens (tertiary/aromatic N) is 7. The number of aromatic hydroxyl groups is 1. The van der Waals surface area contributed by atoms with Crippen molar-refractivity contribution in [2.24, 2.45) is 5.41 Å². The molecule has 3 saturated heterocycles. The zero-order valence-electron chi connectivity index (χ0n) is 46.0. The third-order valence-corrected chi connectivity index (χ3v) is 15.6. The molecule has 3 unspecified atom stereocenters. The smallest absolute Gasteiger partial charge is 0.246 e. The lowest BCUT2D eigenvalue weighted by molar-refractivity contribution is -0.144. The Morgan fingerprint density at radius 3 is 2.13 bits per heavy atom. The summed E-state index contributed by atoms with van der Waals surface area (Å²) in [6.45, 7) is 15.2. The molecule has 0 aliphatic carbocycles. The van der Waals surface area contributed by atoms with Gasteiger partial charge in [-0.15, -0.1) is 21.5 Å². The summed E-state index contributed by atoms with van der Waals surface area (Å²) in [5.41, 5.74) is 13.4. The molecule has 3 aromatic carbocycles. The fraction of sp³-hybridized carbons (Fsp3) is 0.500. The van der Waals surface area contributed by atoms with E-state index >= 15 is 0 Å². The Labute approximate surface area is 466 Å². The number of para-hydroxylation sites is 1. The quantitative estimate of drug-likeness (QED) is 0.0488. The molecule has 3 aliphatic rings. The molecule has 4 amide bonds. The van der Waals surface area contributed by atoms with Crippen LogP contribution >= 0.6 is 11.3 Å². The van der Waals surface area contributed by atoms with Crippen molar-refractivity contribution in [1.29, 1.82) is 0 Å². The number of hydrogen-bond donors (Lipinski definition) is 5. The maximum Gasteiger partial charge on any atom is 0.246 e. The number of nitrogens with two attached hydrogens (primary N) is 1. The molecule has 5 atom stereocenters. The monoisotopic (exact) mass is 1100 g/mol. The molecule has 5 aromatic rings. The number of anilines is 3. The predicted molar refractivity (Wildman–Crippen MR) is 303 cm³/mol. The molecular formula is C58H76N10O10S. The van der Waals surface area contributed by atoms with Crippen LogP contribution in [-0.4, -0.2) is 169 Å². The Morgan fingerprint density at radius 2 is 1.47 bits per heavy atom. The molecule has 3 fully saturated rings. The fourth-order valence-corrected chi connectivity index (χ4v) is 10.9. The van der Waals surface area contributed by atoms with Crippen molar-refractivity contribution in [3.8, 4) is 33.2 Å². The van der Waals surface area contributed by atoms with Gasteiger partial charge >= 0.3 is 0 Å². The van der Waals surface area contributed by atoms with Crippen LogP contribution < -0.4 is 30.9 Å². The third kappa shape index (κ3) is 15.7. The van der Waals surface area contributed by atoms with E-state index in [1.54, 1.807) is 35.6 Å². The van der Waals surface area contributed by atoms with Gasteiger partial charge in [0.2, 0.25) is 23.6 Å². The second-order valence-corrected chi connectivity index (χ2v) is 22.3. The molecule has 21 heteroatoms. The van der Waals surface area contributed by atoms with E-state index in [1.165, 1.54) is 4.90 Å². The number of carbonyl (C=O) groups is 4. The van der Waals surface area contributed by atoms with Crippen LogP contribution in [0.25, 0.3) is 21.7 Å². The van der Waals surface area contributed by atoms with Gasteiger partial charge in [-0.25, -0.2) is 4.98 Å². The number of aryl methyl sites for hydroxylation is 1. The first-order valence-electron chi connectivity index (χ1n) is 27.3. The van der Waals surface area contributed by atoms with E-state index in [4.69, 9.17) is 24.7 Å². The fourth-order valence-electron chi connectivity index (χ4n) is 10.1. The Bertz CT molecular complexity index is 2820. The maximum atomic E-state index is 14.1. The van der Waals surface area contributed by atoms with Gasteiger partial charge < -0.3 is 65.1 Å². The Morgan fingerprint density at radius 1 is 0.810 bits per heavy atom. The SMILES string of the molecule is Cc1ncsc1-c1ccc(C(C)NC(=O)[C@@H]2C[C@@H](O)CN2C(=O)C(NC(=O)CCOCCOCCOCCC(=O)N2CCN(c3ccc(N4CCCC(Oc5cc(-c6ccccc6O)nnc5N)C4)cc3)CC2)C(C)(C)C)cc1. The zero-order valence-corrected chi connectivity index (χ0v) is 46.8. The lowest BCUT2D eigenvalue weighted by atomic mass is 9.85. The van der Waals surface area contributed by atoms with Gasteiger partial charge in [0, 0.05) is 75.1 Å². The number of piperazine rings is 1. The molecular weight excluding hydrogens is 1030 g/mol. The Balaban J connectivity index is 0.667. The molecule has 424 valence electrons. The highest BCUT2D eigenvalue weighted by Gasteiger charge is 2.45. The van der Waals surface area contributed by atoms with Crippen molar-refractivity contribution in [1.82, 2.24) is 35.6 Å². The van der Waals surface area contributed by atoms with Crippen molar-refractivity contribution < 1.29 is 48.3 Å². The number of amides is 4. The average molecular weight is 1110 g/mol. The van der Waals surface area contributed by atoms with Gasteiger partial charge in [0.1, 0.15) is 29.6 Å². The van der Waals surface area contributed by atoms with Gasteiger partial charge in [-0.2, -0.15) is 0 Å². The van der Waals surface area contributed by atoms with Crippen LogP contribution in [-0.2, 0) is 33.4 Å². The standard InChI is InChI=1S/C58H76N10O10S/c1-38(40-12-14-41(15-13-40)53-39(2)60-37-79-53)61-56(73)48-33-44(69)35-68(48)57(74)54(58(3,4)5)62-51(71)20-27-75-29-31-77-32-30-76-28-21-52(72)66-25-23-65(24-26-66)42-16-18-43(19-17-42)67-22-8-9-45(36-67)78-50-34-47(63-64-55(50)59)46-10-6-7-11-49(46)70/h6-7,10-19,34,37-38,44-45,48,54,69-70H,8-9,20-33,35-36H2,1-5H3,(H2,59,64)(H,61,73)(H,62,71)/t38?,44-,45?,48+,54?/m1/s1. The number of hydrogen-bond acceptors (Lipinski definition) is 17. The summed E-state index contributed by atoms with van der Waals surface area (Å²) in [6.07, 6.45) is 1.23. The second-order valence-electron chi connectivity index (χ2n) is 21.4. The number of rotatable bonds is 23. The number of aliphatic hydroxyl groups is 1. The first-order valence-corrected chi connectivity index (χ1v) is 28.2. The van der Waals surface area contributed by atoms with Crippen molar-refractivity contribution in [2.75, 3.05) is 101 Å². The minimum absolute atomic E-state index is 0.0115. The molecule has 0 spiro atoms. The number of nitrogen functional groups attached to an aromatic ring is 1. The number of piperidine rings is 1. The summed E-state index contributed by atoms with van der Waals surface area (Å²) in [4.78, 5) is 67.2. The minimum Gasteiger partial charge on any atom is -0.507 e. The topological polar surface area (TPSA) is 247 Å². The van der Waals surface area contributed by atoms with Gasteiger partial charge in [0.15, 0.2) is 11.6 Å². The highest BCUT2D eigenvalue weighted by Crippen LogP contribution is 2.34. The van der Waals surface area contributed by atoms with Crippen LogP contribution in [0.5, 0.6) is 11.5 Å². The van der Waals surface area contributed by atoms with Crippen LogP contribution in [0.3, 0.4) is 0 Å². The summed E-state index contributed by atoms with van der Waals surface area (Å²) in [6, 6.07) is 23.0. The molecule has 0 radical (unpaired) electrons. The van der Waals surface area contributed by atoms with E-state index in [9.17, 15) is 29.4 Å². The molecule has 6 N–H and O–H groups in total. The molecule has 2 aromatic heterocycles. The largest absolute Gasteiger partial charge is 0.507 e. The highest BCUT2D eigenvalue weighted by molar-refractivity contribution is 7.13. The number of benzene rings is 3. The lowest BCUT2D eigenvalue weighted by Gasteiger charge is -2.37. The van der Waals surface area contributed by atoms with Crippen molar-refractivity contribution in [3.63, 3.8) is 0 Å². The first kappa shape index (κ1) is 58.2. The summed E-state index contributed by atoms with van der Waals surface area (Å²) < 4.78 is 23.4. The van der Waals surface area contributed by atoms with Crippen molar-refractivity contribution >= 4 is 52.2 Å². The number of likely N-dealkylation sites (tertiary alicyclic amines) is 1. The van der Waals surface area contributed by atoms with Crippen LogP contribution in [0, 0.1) is 12.3 Å². The summed E-state index contributed by atoms with van der Waals surface area (Å²) in [7, 11) is 0. The summed E-state index contributed by atoms with van der Waals surface area (Å²) in [5.74, 6) is -0.360. The number of phenols is 1. The third-order valence-electron chi connectivity index (χ3n) is 14.6. The van der Waals surface area contributed by atoms with E-state index in [1.807, 2.05) is 75.4 Å². The molecule has 0 bridgehead atoms. The number of carbonyl (C=O) groups excluding carboxylic acids is 4. The van der Waals surface area contributed by atoms with Crippen molar-refractivity contribution in [2.45, 2.75) is 97.1 Å². The van der Waals surface area contributed by atoms with Crippen LogP contribution in [0.2, 0.25) is 0 Å². The average Bonchev–Trinajstić information content (AvgIpc) is 4.13. The van der Waals surface area contributed by atoms with Gasteiger partial charge in [0.25, 0.3) is 0 Å². The van der Waals surface area contributed by atoms with Gasteiger partial charge in [0.05, 0.1) is 80.8 Å². The van der Waals surface area contributed by atoms with E-state index in [2.05, 4.69) is 59.9 Å². The normalized spacial score (nSPS) is 18.5. The van der Waals surface area contributed by atoms with E-state index < -0.39 is 29.5 Å². The number of β-amino-alcohol motifs (C(OH)–C–C–N with tert-alkyl or cyclic N) is 1. The highest BCUT2D eigenvalue weighted by atomic mass is 32.1. The summed E-state index contributed by atoms with van der Waals surface area (Å²) in [5, 5.41) is 35.1.